The molecule has 2 aromatic heterocycles. The number of piperidine rings is 1. The van der Waals surface area contributed by atoms with Gasteiger partial charge in [0.25, 0.3) is 5.56 Å². The average molecular weight is 575 g/mol. The van der Waals surface area contributed by atoms with Crippen LogP contribution < -0.4 is 16.6 Å². The number of benzene rings is 2. The lowest BCUT2D eigenvalue weighted by atomic mass is 9.91. The molecule has 5 rings (SSSR count). The second-order valence-electron chi connectivity index (χ2n) is 10.6. The number of aliphatic hydroxyl groups is 1. The Morgan fingerprint density at radius 1 is 1.20 bits per heavy atom. The molecular formula is C30H35ClN8O2. The van der Waals surface area contributed by atoms with E-state index < -0.39 is 5.60 Å². The molecule has 1 aliphatic rings. The predicted octanol–water partition coefficient (Wildman–Crippen LogP) is 3.15. The van der Waals surface area contributed by atoms with Crippen LogP contribution in [-0.2, 0) is 26.7 Å². The number of aryl methyl sites for hydroxylation is 1. The first kappa shape index (κ1) is 28.7. The summed E-state index contributed by atoms with van der Waals surface area (Å²) < 4.78 is 3.15. The molecule has 1 aliphatic heterocycles. The van der Waals surface area contributed by atoms with E-state index >= 15 is 0 Å². The van der Waals surface area contributed by atoms with E-state index in [1.165, 1.54) is 17.1 Å². The Hall–Kier alpha value is -3.83. The first-order valence-corrected chi connectivity index (χ1v) is 14.0. The fourth-order valence-electron chi connectivity index (χ4n) is 5.39. The van der Waals surface area contributed by atoms with Gasteiger partial charge in [0, 0.05) is 68.8 Å². The maximum atomic E-state index is 13.4. The van der Waals surface area contributed by atoms with Gasteiger partial charge in [0.2, 0.25) is 0 Å². The van der Waals surface area contributed by atoms with Crippen LogP contribution in [0.15, 0.2) is 59.8 Å². The summed E-state index contributed by atoms with van der Waals surface area (Å²) in [5.74, 6) is 0. The first-order chi connectivity index (χ1) is 19.7. The van der Waals surface area contributed by atoms with Crippen LogP contribution in [-0.4, -0.2) is 61.3 Å². The summed E-state index contributed by atoms with van der Waals surface area (Å²) in [4.78, 5) is 20.2. The maximum absolute atomic E-state index is 13.4. The number of nitrogens with zero attached hydrogens (tertiary/aromatic N) is 5. The average Bonchev–Trinajstić information content (AvgIpc) is 3.32. The molecule has 0 bridgehead atoms. The lowest BCUT2D eigenvalue weighted by Gasteiger charge is -2.38. The number of hydrogen-bond donors (Lipinski definition) is 4. The zero-order valence-electron chi connectivity index (χ0n) is 23.3. The van der Waals surface area contributed by atoms with Crippen molar-refractivity contribution in [3.8, 4) is 11.3 Å². The number of nitrogens with one attached hydrogen (secondary N) is 2. The van der Waals surface area contributed by atoms with E-state index in [0.29, 0.717) is 49.6 Å². The molecule has 1 fully saturated rings. The van der Waals surface area contributed by atoms with E-state index in [0.717, 1.165) is 33.5 Å². The fourth-order valence-corrected chi connectivity index (χ4v) is 5.63. The topological polar surface area (TPSA) is 138 Å². The summed E-state index contributed by atoms with van der Waals surface area (Å²) >= 11 is 6.59. The van der Waals surface area contributed by atoms with Crippen molar-refractivity contribution in [2.75, 3.05) is 20.1 Å². The molecule has 0 aliphatic carbocycles. The van der Waals surface area contributed by atoms with Crippen LogP contribution in [0.5, 0.6) is 0 Å². The Morgan fingerprint density at radius 2 is 1.93 bits per heavy atom. The molecule has 11 heteroatoms. The number of rotatable bonds is 9. The van der Waals surface area contributed by atoms with Gasteiger partial charge in [-0.3, -0.25) is 18.9 Å². The molecule has 10 nitrogen and oxygen atoms in total. The number of nitrogens with two attached hydrogens (primary N) is 1. The van der Waals surface area contributed by atoms with E-state index in [1.54, 1.807) is 25.0 Å². The Balaban J connectivity index is 1.27. The Labute approximate surface area is 243 Å². The van der Waals surface area contributed by atoms with E-state index in [9.17, 15) is 9.90 Å². The van der Waals surface area contributed by atoms with Crippen molar-refractivity contribution in [3.05, 3.63) is 87.1 Å². The largest absolute Gasteiger partial charge is 0.393 e. The van der Waals surface area contributed by atoms with E-state index in [1.807, 2.05) is 42.5 Å². The number of aromatic nitrogens is 4. The zero-order valence-corrected chi connectivity index (χ0v) is 24.0. The second kappa shape index (κ2) is 12.0. The number of allylic oxidation sites excluding steroid dienone is 1. The summed E-state index contributed by atoms with van der Waals surface area (Å²) in [6.45, 7) is 2.59. The third-order valence-corrected chi connectivity index (χ3v) is 8.11. The molecule has 0 saturated carbocycles. The predicted molar refractivity (Wildman–Crippen MR) is 163 cm³/mol. The highest BCUT2D eigenvalue weighted by atomic mass is 35.5. The van der Waals surface area contributed by atoms with Crippen LogP contribution in [0.2, 0.25) is 5.02 Å². The minimum absolute atomic E-state index is 0.152. The molecule has 214 valence electrons. The number of fused-ring (bicyclic) bond motifs is 1. The van der Waals surface area contributed by atoms with Crippen molar-refractivity contribution in [3.63, 3.8) is 0 Å². The van der Waals surface area contributed by atoms with E-state index in [2.05, 4.69) is 20.3 Å². The van der Waals surface area contributed by atoms with Gasteiger partial charge in [-0.15, -0.1) is 0 Å². The minimum atomic E-state index is -1.03. The van der Waals surface area contributed by atoms with Crippen LogP contribution >= 0.6 is 11.6 Å². The molecule has 4 aromatic rings. The quantitative estimate of drug-likeness (QED) is 0.225. The zero-order chi connectivity index (χ0) is 29.1. The summed E-state index contributed by atoms with van der Waals surface area (Å²) in [7, 11) is 3.59. The molecule has 0 radical (unpaired) electrons. The van der Waals surface area contributed by atoms with Crippen molar-refractivity contribution < 1.29 is 5.11 Å². The molecule has 2 aromatic carbocycles. The minimum Gasteiger partial charge on any atom is -0.393 e. The van der Waals surface area contributed by atoms with Crippen LogP contribution in [0.3, 0.4) is 0 Å². The van der Waals surface area contributed by atoms with Crippen molar-refractivity contribution in [2.24, 2.45) is 12.8 Å². The number of halogens is 1. The first-order valence-electron chi connectivity index (χ1n) is 13.6. The molecule has 0 spiro atoms. The molecule has 0 amide bonds. The van der Waals surface area contributed by atoms with Crippen molar-refractivity contribution in [2.45, 2.75) is 38.1 Å². The summed E-state index contributed by atoms with van der Waals surface area (Å²) in [6, 6.07) is 13.6. The van der Waals surface area contributed by atoms with Crippen molar-refractivity contribution >= 4 is 34.4 Å². The second-order valence-corrected chi connectivity index (χ2v) is 11.0. The van der Waals surface area contributed by atoms with E-state index in [-0.39, 0.29) is 17.6 Å². The van der Waals surface area contributed by atoms with Gasteiger partial charge in [-0.25, -0.2) is 4.98 Å². The van der Waals surface area contributed by atoms with Gasteiger partial charge in [-0.2, -0.15) is 5.10 Å². The lowest BCUT2D eigenvalue weighted by molar-refractivity contribution is -0.0364. The Morgan fingerprint density at radius 3 is 2.56 bits per heavy atom. The van der Waals surface area contributed by atoms with Gasteiger partial charge in [-0.1, -0.05) is 48.0 Å². The van der Waals surface area contributed by atoms with Crippen LogP contribution in [0.4, 0.5) is 0 Å². The van der Waals surface area contributed by atoms with Gasteiger partial charge in [0.05, 0.1) is 24.2 Å². The third-order valence-electron chi connectivity index (χ3n) is 7.76. The van der Waals surface area contributed by atoms with Gasteiger partial charge in [0.1, 0.15) is 5.52 Å². The highest BCUT2D eigenvalue weighted by Crippen LogP contribution is 2.29. The molecular weight excluding hydrogens is 540 g/mol. The monoisotopic (exact) mass is 574 g/mol. The van der Waals surface area contributed by atoms with Crippen LogP contribution in [0.1, 0.15) is 29.5 Å². The number of likely N-dealkylation sites (tertiary alicyclic amines) is 1. The molecule has 41 heavy (non-hydrogen) atoms. The van der Waals surface area contributed by atoms with Gasteiger partial charge < -0.3 is 21.6 Å². The molecule has 0 unspecified atom stereocenters. The molecule has 0 atom stereocenters. The fraction of sp³-hybridized carbons (Fsp3) is 0.333. The van der Waals surface area contributed by atoms with Crippen molar-refractivity contribution in [1.82, 2.24) is 29.5 Å². The normalized spacial score (nSPS) is 15.8. The van der Waals surface area contributed by atoms with Crippen molar-refractivity contribution in [1.29, 1.82) is 5.41 Å². The maximum Gasteiger partial charge on any atom is 0.281 e. The van der Waals surface area contributed by atoms with Gasteiger partial charge >= 0.3 is 0 Å². The highest BCUT2D eigenvalue weighted by molar-refractivity contribution is 6.31. The summed E-state index contributed by atoms with van der Waals surface area (Å²) in [5.41, 5.74) is 10.5. The SMILES string of the molecule is CN/C=C(\C=N)c1ccc(CN2CCC(O)(Cn3cnc4c(-c5ccc(CN)cc5)n(C)nc4c3=O)CC2)c(Cl)c1. The Bertz CT molecular complexity index is 1650. The summed E-state index contributed by atoms with van der Waals surface area (Å²) in [6.07, 6.45) is 5.59. The molecule has 1 saturated heterocycles. The molecule has 5 N–H and O–H groups in total. The third kappa shape index (κ3) is 5.96. The standard InChI is InChI=1S/C30H35ClN8O2/c1-34-16-24(15-33)22-7-8-23(25(31)13-22)17-38-11-9-30(41,10-12-38)18-39-19-35-26-27(29(39)40)36-37(2)28(26)21-5-3-20(14-32)4-6-21/h3-8,13,15-16,19,33-34,41H,9-12,14,17-18,32H2,1-2H3/b24-16+,33-15?. The smallest absolute Gasteiger partial charge is 0.281 e. The van der Waals surface area contributed by atoms with Gasteiger partial charge in [-0.05, 0) is 35.6 Å². The molecule has 3 heterocycles. The Kier molecular flexibility index (Phi) is 8.37. The lowest BCUT2D eigenvalue weighted by Crippen LogP contribution is -2.47. The highest BCUT2D eigenvalue weighted by Gasteiger charge is 2.33. The van der Waals surface area contributed by atoms with Crippen LogP contribution in [0.25, 0.3) is 27.9 Å². The summed E-state index contributed by atoms with van der Waals surface area (Å²) in [5, 5.41) is 27.1. The number of hydrogen-bond acceptors (Lipinski definition) is 8. The van der Waals surface area contributed by atoms with Gasteiger partial charge in [0.15, 0.2) is 5.52 Å². The van der Waals surface area contributed by atoms with E-state index in [4.69, 9.17) is 22.7 Å². The van der Waals surface area contributed by atoms with Crippen LogP contribution in [0, 0.1) is 5.41 Å².